The van der Waals surface area contributed by atoms with Crippen LogP contribution in [0.25, 0.3) is 0 Å². The van der Waals surface area contributed by atoms with Crippen LogP contribution in [0.3, 0.4) is 0 Å². The number of nitro groups is 1. The molecule has 0 bridgehead atoms. The van der Waals surface area contributed by atoms with Crippen molar-refractivity contribution in [3.63, 3.8) is 0 Å². The zero-order valence-electron chi connectivity index (χ0n) is 11.4. The first kappa shape index (κ1) is 16.2. The number of hydrogen-bond donors (Lipinski definition) is 1. The van der Waals surface area contributed by atoms with Gasteiger partial charge in [0, 0.05) is 26.3 Å². The van der Waals surface area contributed by atoms with Crippen LogP contribution in [0.2, 0.25) is 5.02 Å². The third kappa shape index (κ3) is 3.37. The summed E-state index contributed by atoms with van der Waals surface area (Å²) < 4.78 is 4.97. The van der Waals surface area contributed by atoms with Crippen molar-refractivity contribution in [3.05, 3.63) is 32.8 Å². The van der Waals surface area contributed by atoms with Gasteiger partial charge < -0.3 is 15.4 Å². The highest BCUT2D eigenvalue weighted by molar-refractivity contribution is 6.34. The van der Waals surface area contributed by atoms with Crippen molar-refractivity contribution in [2.45, 2.75) is 13.0 Å². The van der Waals surface area contributed by atoms with Gasteiger partial charge in [0.05, 0.1) is 33.8 Å². The Hall–Kier alpha value is -1.86. The molecule has 20 heavy (non-hydrogen) atoms. The van der Waals surface area contributed by atoms with Gasteiger partial charge in [-0.2, -0.15) is 0 Å². The molecular formula is C12H16ClN3O4. The first-order valence-corrected chi connectivity index (χ1v) is 6.16. The van der Waals surface area contributed by atoms with Crippen LogP contribution >= 0.6 is 11.6 Å². The Kier molecular flexibility index (Phi) is 5.29. The maximum Gasteiger partial charge on any atom is 0.271 e. The largest absolute Gasteiger partial charge is 0.397 e. The van der Waals surface area contributed by atoms with Crippen LogP contribution in [0.5, 0.6) is 0 Å². The van der Waals surface area contributed by atoms with E-state index in [2.05, 4.69) is 0 Å². The number of nitro benzene ring substituents is 1. The molecule has 1 aromatic rings. The Morgan fingerprint density at radius 2 is 2.20 bits per heavy atom. The van der Waals surface area contributed by atoms with Gasteiger partial charge in [-0.1, -0.05) is 11.6 Å². The van der Waals surface area contributed by atoms with E-state index in [1.165, 1.54) is 12.0 Å². The summed E-state index contributed by atoms with van der Waals surface area (Å²) in [5.74, 6) is -0.447. The van der Waals surface area contributed by atoms with Gasteiger partial charge >= 0.3 is 0 Å². The minimum absolute atomic E-state index is 0.00894. The molecule has 0 aliphatic rings. The predicted molar refractivity (Wildman–Crippen MR) is 76.0 cm³/mol. The topological polar surface area (TPSA) is 98.7 Å². The number of methoxy groups -OCH3 is 1. The number of hydrogen-bond acceptors (Lipinski definition) is 5. The third-order valence-electron chi connectivity index (χ3n) is 2.94. The van der Waals surface area contributed by atoms with Gasteiger partial charge in [-0.25, -0.2) is 0 Å². The number of halogens is 1. The van der Waals surface area contributed by atoms with E-state index in [9.17, 15) is 14.9 Å². The maximum absolute atomic E-state index is 12.3. The number of carbonyl (C=O) groups excluding carboxylic acids is 1. The van der Waals surface area contributed by atoms with Crippen LogP contribution in [0.1, 0.15) is 17.3 Å². The first-order chi connectivity index (χ1) is 9.29. The lowest BCUT2D eigenvalue weighted by Crippen LogP contribution is -2.38. The molecule has 0 aliphatic carbocycles. The van der Waals surface area contributed by atoms with E-state index < -0.39 is 10.8 Å². The lowest BCUT2D eigenvalue weighted by molar-refractivity contribution is -0.384. The number of nitrogens with zero attached hydrogens (tertiary/aromatic N) is 2. The van der Waals surface area contributed by atoms with Crippen LogP contribution in [0.15, 0.2) is 12.1 Å². The Bertz CT molecular complexity index is 536. The fourth-order valence-electron chi connectivity index (χ4n) is 1.63. The van der Waals surface area contributed by atoms with Gasteiger partial charge in [-0.3, -0.25) is 14.9 Å². The number of carbonyl (C=O) groups is 1. The number of nitrogen functional groups attached to an aromatic ring is 1. The molecule has 0 aliphatic heterocycles. The number of non-ortho nitro benzene ring substituents is 1. The predicted octanol–water partition coefficient (Wildman–Crippen LogP) is 1.94. The Morgan fingerprint density at radius 1 is 1.60 bits per heavy atom. The summed E-state index contributed by atoms with van der Waals surface area (Å²) in [7, 11) is 3.09. The molecule has 7 nitrogen and oxygen atoms in total. The normalized spacial score (nSPS) is 12.0. The van der Waals surface area contributed by atoms with E-state index in [1.54, 1.807) is 14.0 Å². The summed E-state index contributed by atoms with van der Waals surface area (Å²) in [5.41, 5.74) is 5.49. The standard InChI is InChI=1S/C12H16ClN3O4/c1-7(6-20-3)15(2)12(17)9-4-8(16(18)19)5-10(13)11(9)14/h4-5,7H,6,14H2,1-3H3. The summed E-state index contributed by atoms with van der Waals surface area (Å²) in [6.45, 7) is 2.13. The van der Waals surface area contributed by atoms with Gasteiger partial charge in [-0.05, 0) is 6.92 Å². The highest BCUT2D eigenvalue weighted by atomic mass is 35.5. The molecule has 0 heterocycles. The molecule has 1 atom stereocenters. The summed E-state index contributed by atoms with van der Waals surface area (Å²) in [5, 5.41) is 10.8. The molecule has 0 radical (unpaired) electrons. The highest BCUT2D eigenvalue weighted by Crippen LogP contribution is 2.29. The maximum atomic E-state index is 12.3. The van der Waals surface area contributed by atoms with Gasteiger partial charge in [0.15, 0.2) is 0 Å². The first-order valence-electron chi connectivity index (χ1n) is 5.79. The number of anilines is 1. The average molecular weight is 302 g/mol. The molecule has 1 amide bonds. The fourth-order valence-corrected chi connectivity index (χ4v) is 1.84. The minimum atomic E-state index is -0.624. The van der Waals surface area contributed by atoms with Gasteiger partial charge in [0.1, 0.15) is 0 Å². The third-order valence-corrected chi connectivity index (χ3v) is 3.26. The molecule has 0 aromatic heterocycles. The van der Waals surface area contributed by atoms with Crippen molar-refractivity contribution in [3.8, 4) is 0 Å². The molecule has 0 fully saturated rings. The van der Waals surface area contributed by atoms with Crippen molar-refractivity contribution >= 4 is 28.9 Å². The second-order valence-electron chi connectivity index (χ2n) is 4.37. The van der Waals surface area contributed by atoms with E-state index in [1.807, 2.05) is 0 Å². The Balaban J connectivity index is 3.18. The molecule has 1 unspecified atom stereocenters. The van der Waals surface area contributed by atoms with E-state index in [4.69, 9.17) is 22.1 Å². The van der Waals surface area contributed by atoms with E-state index in [0.29, 0.717) is 6.61 Å². The molecule has 110 valence electrons. The summed E-state index contributed by atoms with van der Waals surface area (Å²) >= 11 is 5.83. The molecule has 0 saturated heterocycles. The Morgan fingerprint density at radius 3 is 2.70 bits per heavy atom. The van der Waals surface area contributed by atoms with Crippen LogP contribution in [0.4, 0.5) is 11.4 Å². The van der Waals surface area contributed by atoms with Crippen LogP contribution in [0, 0.1) is 10.1 Å². The van der Waals surface area contributed by atoms with Gasteiger partial charge in [-0.15, -0.1) is 0 Å². The molecule has 8 heteroatoms. The smallest absolute Gasteiger partial charge is 0.271 e. The molecule has 1 aromatic carbocycles. The lowest BCUT2D eigenvalue weighted by Gasteiger charge is -2.25. The van der Waals surface area contributed by atoms with Gasteiger partial charge in [0.2, 0.25) is 0 Å². The second kappa shape index (κ2) is 6.53. The minimum Gasteiger partial charge on any atom is -0.397 e. The number of likely N-dealkylation sites (N-methyl/N-ethyl adjacent to an activating group) is 1. The summed E-state index contributed by atoms with van der Waals surface area (Å²) in [6.07, 6.45) is 0. The average Bonchev–Trinajstić information content (AvgIpc) is 2.40. The van der Waals surface area contributed by atoms with Crippen molar-refractivity contribution in [2.24, 2.45) is 0 Å². The molecule has 0 spiro atoms. The number of rotatable bonds is 5. The zero-order chi connectivity index (χ0) is 15.4. The Labute approximate surface area is 121 Å². The summed E-state index contributed by atoms with van der Waals surface area (Å²) in [4.78, 5) is 23.9. The number of nitrogens with two attached hydrogens (primary N) is 1. The SMILES string of the molecule is COCC(C)N(C)C(=O)c1cc([N+](=O)[O-])cc(Cl)c1N. The van der Waals surface area contributed by atoms with Crippen molar-refractivity contribution < 1.29 is 14.5 Å². The monoisotopic (exact) mass is 301 g/mol. The quantitative estimate of drug-likeness (QED) is 0.509. The van der Waals surface area contributed by atoms with Crippen LogP contribution in [-0.2, 0) is 4.74 Å². The van der Waals surface area contributed by atoms with Crippen molar-refractivity contribution in [1.82, 2.24) is 4.90 Å². The second-order valence-corrected chi connectivity index (χ2v) is 4.77. The highest BCUT2D eigenvalue weighted by Gasteiger charge is 2.23. The van der Waals surface area contributed by atoms with E-state index in [-0.39, 0.29) is 28.0 Å². The number of ether oxygens (including phenoxy) is 1. The van der Waals surface area contributed by atoms with Crippen molar-refractivity contribution in [1.29, 1.82) is 0 Å². The van der Waals surface area contributed by atoms with Gasteiger partial charge in [0.25, 0.3) is 11.6 Å². The van der Waals surface area contributed by atoms with E-state index >= 15 is 0 Å². The molecule has 2 N–H and O–H groups in total. The fraction of sp³-hybridized carbons (Fsp3) is 0.417. The summed E-state index contributed by atoms with van der Waals surface area (Å²) in [6, 6.07) is 2.04. The number of amides is 1. The molecular weight excluding hydrogens is 286 g/mol. The number of benzene rings is 1. The zero-order valence-corrected chi connectivity index (χ0v) is 12.2. The van der Waals surface area contributed by atoms with Crippen LogP contribution < -0.4 is 5.73 Å². The lowest BCUT2D eigenvalue weighted by atomic mass is 10.1. The van der Waals surface area contributed by atoms with E-state index in [0.717, 1.165) is 12.1 Å². The molecule has 0 saturated carbocycles. The van der Waals surface area contributed by atoms with Crippen LogP contribution in [-0.4, -0.2) is 42.5 Å². The van der Waals surface area contributed by atoms with Crippen molar-refractivity contribution in [2.75, 3.05) is 26.5 Å². The molecule has 1 rings (SSSR count).